The predicted molar refractivity (Wildman–Crippen MR) is 138 cm³/mol. The second kappa shape index (κ2) is 11.2. The normalized spacial score (nSPS) is 17.4. The molecule has 3 aromatic carbocycles. The van der Waals surface area contributed by atoms with Gasteiger partial charge in [0.1, 0.15) is 17.2 Å². The Morgan fingerprint density at radius 1 is 0.889 bits per heavy atom. The molecule has 1 heterocycles. The zero-order valence-corrected chi connectivity index (χ0v) is 21.1. The van der Waals surface area contributed by atoms with Crippen LogP contribution in [0.5, 0.6) is 17.2 Å². The van der Waals surface area contributed by atoms with Gasteiger partial charge in [-0.25, -0.2) is 0 Å². The van der Waals surface area contributed by atoms with E-state index in [4.69, 9.17) is 14.2 Å². The summed E-state index contributed by atoms with van der Waals surface area (Å²) in [6.07, 6.45) is 0.769. The van der Waals surface area contributed by atoms with Gasteiger partial charge in [0, 0.05) is 25.7 Å². The Balaban J connectivity index is 1.69. The average molecular weight is 489 g/mol. The molecule has 0 spiro atoms. The highest BCUT2D eigenvalue weighted by Gasteiger charge is 2.42. The fourth-order valence-electron chi connectivity index (χ4n) is 4.79. The average Bonchev–Trinajstić information content (AvgIpc) is 2.92. The van der Waals surface area contributed by atoms with Crippen LogP contribution in [0.3, 0.4) is 0 Å². The Morgan fingerprint density at radius 3 is 2.11 bits per heavy atom. The number of methoxy groups -OCH3 is 3. The van der Waals surface area contributed by atoms with Gasteiger partial charge in [0.2, 0.25) is 11.8 Å². The Bertz CT molecular complexity index is 1190. The molecule has 7 heteroatoms. The van der Waals surface area contributed by atoms with Gasteiger partial charge in [-0.05, 0) is 66.1 Å². The van der Waals surface area contributed by atoms with Gasteiger partial charge in [-0.2, -0.15) is 0 Å². The summed E-state index contributed by atoms with van der Waals surface area (Å²) in [7, 11) is 6.65. The summed E-state index contributed by atoms with van der Waals surface area (Å²) < 4.78 is 16.0. The molecule has 0 radical (unpaired) electrons. The van der Waals surface area contributed by atoms with E-state index in [1.807, 2.05) is 72.8 Å². The minimum atomic E-state index is -0.453. The molecule has 4 rings (SSSR count). The Hall–Kier alpha value is -4.00. The third-order valence-corrected chi connectivity index (χ3v) is 6.65. The number of hydrogen-bond donors (Lipinski definition) is 0. The molecule has 1 saturated heterocycles. The summed E-state index contributed by atoms with van der Waals surface area (Å²) in [5, 5.41) is 0. The minimum absolute atomic E-state index is 0.00958. The Kier molecular flexibility index (Phi) is 7.78. The van der Waals surface area contributed by atoms with Crippen molar-refractivity contribution in [2.45, 2.75) is 25.4 Å². The van der Waals surface area contributed by atoms with Crippen molar-refractivity contribution in [2.75, 3.05) is 33.3 Å². The van der Waals surface area contributed by atoms with E-state index in [-0.39, 0.29) is 11.8 Å². The van der Waals surface area contributed by atoms with Crippen LogP contribution in [0.1, 0.15) is 30.0 Å². The van der Waals surface area contributed by atoms with Gasteiger partial charge < -0.3 is 24.0 Å². The van der Waals surface area contributed by atoms with Crippen LogP contribution < -0.4 is 19.1 Å². The lowest BCUT2D eigenvalue weighted by Gasteiger charge is -2.42. The number of piperidine rings is 1. The molecule has 0 saturated carbocycles. The summed E-state index contributed by atoms with van der Waals surface area (Å²) in [5.41, 5.74) is 2.59. The van der Waals surface area contributed by atoms with Crippen molar-refractivity contribution in [1.82, 2.24) is 4.90 Å². The fraction of sp³-hybridized carbons (Fsp3) is 0.310. The zero-order chi connectivity index (χ0) is 25.7. The lowest BCUT2D eigenvalue weighted by atomic mass is 9.82. The highest BCUT2D eigenvalue weighted by Crippen LogP contribution is 2.41. The third kappa shape index (κ3) is 5.30. The van der Waals surface area contributed by atoms with Crippen LogP contribution >= 0.6 is 0 Å². The summed E-state index contributed by atoms with van der Waals surface area (Å²) in [5.74, 6) is 1.74. The standard InChI is InChI=1S/C29H32N2O5/c1-30(19-20-6-5-7-25(18-20)36-4)29(33)26-16-17-27(32)31(22-10-14-24(35-3)15-11-22)28(26)21-8-12-23(34-2)13-9-21/h5-15,18,26,28H,16-17,19H2,1-4H3. The number of hydrogen-bond acceptors (Lipinski definition) is 5. The second-order valence-electron chi connectivity index (χ2n) is 8.87. The van der Waals surface area contributed by atoms with Crippen LogP contribution in [0.2, 0.25) is 0 Å². The van der Waals surface area contributed by atoms with Crippen LogP contribution in [0.15, 0.2) is 72.8 Å². The molecule has 7 nitrogen and oxygen atoms in total. The molecule has 1 fully saturated rings. The number of carbonyl (C=O) groups excluding carboxylic acids is 2. The third-order valence-electron chi connectivity index (χ3n) is 6.65. The summed E-state index contributed by atoms with van der Waals surface area (Å²) in [4.78, 5) is 30.6. The monoisotopic (exact) mass is 488 g/mol. The molecular formula is C29H32N2O5. The van der Waals surface area contributed by atoms with Gasteiger partial charge in [0.25, 0.3) is 0 Å². The van der Waals surface area contributed by atoms with Crippen molar-refractivity contribution < 1.29 is 23.8 Å². The molecule has 1 aliphatic rings. The number of anilines is 1. The molecular weight excluding hydrogens is 456 g/mol. The summed E-state index contributed by atoms with van der Waals surface area (Å²) >= 11 is 0. The maximum Gasteiger partial charge on any atom is 0.228 e. The smallest absolute Gasteiger partial charge is 0.228 e. The molecule has 2 amide bonds. The highest BCUT2D eigenvalue weighted by atomic mass is 16.5. The van der Waals surface area contributed by atoms with E-state index < -0.39 is 12.0 Å². The number of benzene rings is 3. The number of rotatable bonds is 8. The molecule has 0 bridgehead atoms. The maximum absolute atomic E-state index is 13.9. The molecule has 2 atom stereocenters. The Morgan fingerprint density at radius 2 is 1.50 bits per heavy atom. The largest absolute Gasteiger partial charge is 0.497 e. The molecule has 0 aromatic heterocycles. The van der Waals surface area contributed by atoms with Crippen LogP contribution in [-0.4, -0.2) is 45.1 Å². The highest BCUT2D eigenvalue weighted by molar-refractivity contribution is 5.97. The number of ether oxygens (including phenoxy) is 3. The first-order chi connectivity index (χ1) is 17.4. The van der Waals surface area contributed by atoms with Gasteiger partial charge >= 0.3 is 0 Å². The van der Waals surface area contributed by atoms with Gasteiger partial charge in [-0.1, -0.05) is 24.3 Å². The molecule has 3 aromatic rings. The molecule has 188 valence electrons. The second-order valence-corrected chi connectivity index (χ2v) is 8.87. The van der Waals surface area contributed by atoms with Gasteiger partial charge in [-0.3, -0.25) is 9.59 Å². The fourth-order valence-corrected chi connectivity index (χ4v) is 4.79. The van der Waals surface area contributed by atoms with E-state index >= 15 is 0 Å². The van der Waals surface area contributed by atoms with Crippen molar-refractivity contribution in [3.05, 3.63) is 83.9 Å². The van der Waals surface area contributed by atoms with Crippen molar-refractivity contribution >= 4 is 17.5 Å². The molecule has 36 heavy (non-hydrogen) atoms. The van der Waals surface area contributed by atoms with Crippen LogP contribution in [0.25, 0.3) is 0 Å². The van der Waals surface area contributed by atoms with Gasteiger partial charge in [-0.15, -0.1) is 0 Å². The zero-order valence-electron chi connectivity index (χ0n) is 21.1. The van der Waals surface area contributed by atoms with E-state index in [1.54, 1.807) is 38.2 Å². The predicted octanol–water partition coefficient (Wildman–Crippen LogP) is 4.86. The van der Waals surface area contributed by atoms with E-state index in [0.717, 1.165) is 28.3 Å². The van der Waals surface area contributed by atoms with Crippen molar-refractivity contribution in [3.8, 4) is 17.2 Å². The molecule has 0 aliphatic carbocycles. The number of nitrogens with zero attached hydrogens (tertiary/aromatic N) is 2. The summed E-state index contributed by atoms with van der Waals surface area (Å²) in [6.45, 7) is 0.443. The first kappa shape index (κ1) is 25.1. The lowest BCUT2D eigenvalue weighted by molar-refractivity contribution is -0.137. The van der Waals surface area contributed by atoms with E-state index in [1.165, 1.54) is 0 Å². The minimum Gasteiger partial charge on any atom is -0.497 e. The van der Waals surface area contributed by atoms with Crippen molar-refractivity contribution in [1.29, 1.82) is 0 Å². The van der Waals surface area contributed by atoms with Gasteiger partial charge in [0.05, 0.1) is 33.3 Å². The van der Waals surface area contributed by atoms with Crippen LogP contribution in [0, 0.1) is 5.92 Å². The maximum atomic E-state index is 13.9. The summed E-state index contributed by atoms with van der Waals surface area (Å²) in [6, 6.07) is 22.2. The topological polar surface area (TPSA) is 68.3 Å². The van der Waals surface area contributed by atoms with Crippen LogP contribution in [0.4, 0.5) is 5.69 Å². The molecule has 1 aliphatic heterocycles. The van der Waals surface area contributed by atoms with Crippen molar-refractivity contribution in [3.63, 3.8) is 0 Å². The molecule has 0 N–H and O–H groups in total. The van der Waals surface area contributed by atoms with E-state index in [2.05, 4.69) is 0 Å². The van der Waals surface area contributed by atoms with Crippen molar-refractivity contribution in [2.24, 2.45) is 5.92 Å². The number of carbonyl (C=O) groups is 2. The SMILES string of the molecule is COc1ccc(C2C(C(=O)N(C)Cc3cccc(OC)c3)CCC(=O)N2c2ccc(OC)cc2)cc1. The van der Waals surface area contributed by atoms with E-state index in [9.17, 15) is 9.59 Å². The number of amides is 2. The van der Waals surface area contributed by atoms with Gasteiger partial charge in [0.15, 0.2) is 0 Å². The Labute approximate surface area is 212 Å². The van der Waals surface area contributed by atoms with E-state index in [0.29, 0.717) is 25.1 Å². The molecule has 2 unspecified atom stereocenters. The van der Waals surface area contributed by atoms with Crippen LogP contribution in [-0.2, 0) is 16.1 Å². The lowest BCUT2D eigenvalue weighted by Crippen LogP contribution is -2.48. The first-order valence-electron chi connectivity index (χ1n) is 11.9. The quantitative estimate of drug-likeness (QED) is 0.453. The first-order valence-corrected chi connectivity index (χ1v) is 11.9.